The van der Waals surface area contributed by atoms with E-state index in [2.05, 4.69) is 5.16 Å². The number of nitrogens with zero attached hydrogens (tertiary/aromatic N) is 1. The lowest BCUT2D eigenvalue weighted by Gasteiger charge is -1.94. The maximum Gasteiger partial charge on any atom is 0.115 e. The highest BCUT2D eigenvalue weighted by Gasteiger charge is 1.89. The number of hydrogen-bond donors (Lipinski definition) is 2. The van der Waals surface area contributed by atoms with Crippen molar-refractivity contribution in [3.63, 3.8) is 0 Å². The lowest BCUT2D eigenvalue weighted by atomic mass is 10.2. The third-order valence-corrected chi connectivity index (χ3v) is 1.34. The van der Waals surface area contributed by atoms with Gasteiger partial charge in [0.15, 0.2) is 0 Å². The molecule has 3 heteroatoms. The molecular weight excluding hydrogens is 142 g/mol. The predicted octanol–water partition coefficient (Wildman–Crippen LogP) is 1.39. The molecule has 0 saturated carbocycles. The van der Waals surface area contributed by atoms with Crippen LogP contribution in [0.5, 0.6) is 5.75 Å². The van der Waals surface area contributed by atoms with Gasteiger partial charge in [-0.2, -0.15) is 0 Å². The maximum atomic E-state index is 8.90. The first-order valence-electron chi connectivity index (χ1n) is 3.26. The average molecular weight is 151 g/mol. The van der Waals surface area contributed by atoms with Gasteiger partial charge in [-0.25, -0.2) is 0 Å². The highest BCUT2D eigenvalue weighted by atomic mass is 16.4. The lowest BCUT2D eigenvalue weighted by molar-refractivity contribution is 0.321. The van der Waals surface area contributed by atoms with Gasteiger partial charge in [0.25, 0.3) is 0 Å². The van der Waals surface area contributed by atoms with Gasteiger partial charge in [0, 0.05) is 12.6 Å². The lowest BCUT2D eigenvalue weighted by Crippen LogP contribution is -1.84. The van der Waals surface area contributed by atoms with E-state index in [0.717, 1.165) is 5.56 Å². The number of hydrogen-bond acceptors (Lipinski definition) is 3. The van der Waals surface area contributed by atoms with Crippen molar-refractivity contribution in [2.24, 2.45) is 5.16 Å². The Balaban J connectivity index is 2.66. The second-order valence-corrected chi connectivity index (χ2v) is 2.17. The van der Waals surface area contributed by atoms with E-state index in [-0.39, 0.29) is 5.75 Å². The van der Waals surface area contributed by atoms with E-state index >= 15 is 0 Å². The summed E-state index contributed by atoms with van der Waals surface area (Å²) in [6.07, 6.45) is 1.98. The van der Waals surface area contributed by atoms with Crippen molar-refractivity contribution in [1.29, 1.82) is 0 Å². The van der Waals surface area contributed by atoms with Crippen LogP contribution < -0.4 is 0 Å². The number of phenolic OH excluding ortho intramolecular Hbond substituents is 1. The van der Waals surface area contributed by atoms with Gasteiger partial charge in [-0.15, -0.1) is 5.16 Å². The van der Waals surface area contributed by atoms with Crippen molar-refractivity contribution in [3.05, 3.63) is 29.8 Å². The molecule has 11 heavy (non-hydrogen) atoms. The van der Waals surface area contributed by atoms with Crippen LogP contribution in [0.4, 0.5) is 0 Å². The van der Waals surface area contributed by atoms with Gasteiger partial charge in [-0.3, -0.25) is 0 Å². The second kappa shape index (κ2) is 3.61. The van der Waals surface area contributed by atoms with E-state index in [0.29, 0.717) is 6.42 Å². The SMILES string of the molecule is O/N=C\Cc1ccc(O)cc1. The molecule has 0 aliphatic heterocycles. The molecule has 0 aromatic heterocycles. The standard InChI is InChI=1S/C8H9NO2/c10-8-3-1-7(2-4-8)5-6-9-11/h1-4,6,10-11H,5H2/b9-6-. The zero-order valence-corrected chi connectivity index (χ0v) is 5.94. The largest absolute Gasteiger partial charge is 0.508 e. The van der Waals surface area contributed by atoms with Crippen molar-refractivity contribution in [2.45, 2.75) is 6.42 Å². The normalized spacial score (nSPS) is 10.5. The fourth-order valence-electron chi connectivity index (χ4n) is 0.778. The molecule has 0 spiro atoms. The third-order valence-electron chi connectivity index (χ3n) is 1.34. The average Bonchev–Trinajstić information content (AvgIpc) is 2.04. The van der Waals surface area contributed by atoms with Crippen LogP contribution >= 0.6 is 0 Å². The monoisotopic (exact) mass is 151 g/mol. The summed E-state index contributed by atoms with van der Waals surface area (Å²) in [5, 5.41) is 19.9. The molecule has 0 bridgehead atoms. The van der Waals surface area contributed by atoms with Crippen LogP contribution in [0.2, 0.25) is 0 Å². The molecule has 1 rings (SSSR count). The molecule has 0 atom stereocenters. The first-order chi connectivity index (χ1) is 5.33. The van der Waals surface area contributed by atoms with E-state index in [1.165, 1.54) is 6.21 Å². The molecule has 3 nitrogen and oxygen atoms in total. The Labute approximate surface area is 64.6 Å². The molecule has 0 unspecified atom stereocenters. The summed E-state index contributed by atoms with van der Waals surface area (Å²) in [5.74, 6) is 0.245. The summed E-state index contributed by atoms with van der Waals surface area (Å²) >= 11 is 0. The second-order valence-electron chi connectivity index (χ2n) is 2.17. The van der Waals surface area contributed by atoms with Crippen LogP contribution in [0.25, 0.3) is 0 Å². The molecule has 2 N–H and O–H groups in total. The van der Waals surface area contributed by atoms with Crippen LogP contribution in [0, 0.1) is 0 Å². The molecule has 0 aliphatic carbocycles. The Morgan fingerprint density at radius 1 is 1.27 bits per heavy atom. The van der Waals surface area contributed by atoms with Gasteiger partial charge in [-0.1, -0.05) is 12.1 Å². The van der Waals surface area contributed by atoms with Crippen molar-refractivity contribution in [2.75, 3.05) is 0 Å². The first-order valence-corrected chi connectivity index (χ1v) is 3.26. The van der Waals surface area contributed by atoms with Crippen LogP contribution in [0.3, 0.4) is 0 Å². The van der Waals surface area contributed by atoms with Gasteiger partial charge < -0.3 is 10.3 Å². The smallest absolute Gasteiger partial charge is 0.115 e. The summed E-state index contributed by atoms with van der Waals surface area (Å²) in [5.41, 5.74) is 1.00. The number of rotatable bonds is 2. The zero-order chi connectivity index (χ0) is 8.10. The fourth-order valence-corrected chi connectivity index (χ4v) is 0.778. The summed E-state index contributed by atoms with van der Waals surface area (Å²) in [4.78, 5) is 0. The summed E-state index contributed by atoms with van der Waals surface area (Å²) in [6.45, 7) is 0. The molecule has 1 aromatic carbocycles. The van der Waals surface area contributed by atoms with Gasteiger partial charge >= 0.3 is 0 Å². The highest BCUT2D eigenvalue weighted by Crippen LogP contribution is 2.08. The fraction of sp³-hybridized carbons (Fsp3) is 0.125. The minimum atomic E-state index is 0.245. The predicted molar refractivity (Wildman–Crippen MR) is 42.1 cm³/mol. The number of aromatic hydroxyl groups is 1. The molecule has 0 saturated heterocycles. The van der Waals surface area contributed by atoms with Crippen LogP contribution in [-0.4, -0.2) is 16.5 Å². The Morgan fingerprint density at radius 3 is 2.45 bits per heavy atom. The molecule has 0 amide bonds. The molecule has 58 valence electrons. The Hall–Kier alpha value is -1.51. The minimum absolute atomic E-state index is 0.245. The Bertz CT molecular complexity index is 241. The van der Waals surface area contributed by atoms with Crippen molar-refractivity contribution < 1.29 is 10.3 Å². The Kier molecular flexibility index (Phi) is 2.49. The molecule has 1 aromatic rings. The molecule has 0 aliphatic rings. The number of benzene rings is 1. The van der Waals surface area contributed by atoms with E-state index in [1.54, 1.807) is 24.3 Å². The van der Waals surface area contributed by atoms with Crippen molar-refractivity contribution in [3.8, 4) is 5.75 Å². The van der Waals surface area contributed by atoms with E-state index in [1.807, 2.05) is 0 Å². The van der Waals surface area contributed by atoms with E-state index < -0.39 is 0 Å². The van der Waals surface area contributed by atoms with E-state index in [9.17, 15) is 0 Å². The third kappa shape index (κ3) is 2.29. The van der Waals surface area contributed by atoms with Crippen molar-refractivity contribution >= 4 is 6.21 Å². The van der Waals surface area contributed by atoms with Gasteiger partial charge in [0.1, 0.15) is 5.75 Å². The topological polar surface area (TPSA) is 52.8 Å². The summed E-state index contributed by atoms with van der Waals surface area (Å²) in [7, 11) is 0. The molecule has 0 heterocycles. The van der Waals surface area contributed by atoms with Gasteiger partial charge in [-0.05, 0) is 17.7 Å². The maximum absolute atomic E-state index is 8.90. The van der Waals surface area contributed by atoms with E-state index in [4.69, 9.17) is 10.3 Å². The van der Waals surface area contributed by atoms with Crippen LogP contribution in [0.15, 0.2) is 29.4 Å². The van der Waals surface area contributed by atoms with Crippen molar-refractivity contribution in [1.82, 2.24) is 0 Å². The van der Waals surface area contributed by atoms with Crippen LogP contribution in [0.1, 0.15) is 5.56 Å². The Morgan fingerprint density at radius 2 is 1.91 bits per heavy atom. The summed E-state index contributed by atoms with van der Waals surface area (Å²) < 4.78 is 0. The summed E-state index contributed by atoms with van der Waals surface area (Å²) in [6, 6.07) is 6.75. The number of phenols is 1. The molecular formula is C8H9NO2. The molecule has 0 fully saturated rings. The first kappa shape index (κ1) is 7.60. The zero-order valence-electron chi connectivity index (χ0n) is 5.94. The highest BCUT2D eigenvalue weighted by molar-refractivity contribution is 5.60. The molecule has 0 radical (unpaired) electrons. The van der Waals surface area contributed by atoms with Gasteiger partial charge in [0.05, 0.1) is 0 Å². The number of oxime groups is 1. The minimum Gasteiger partial charge on any atom is -0.508 e. The van der Waals surface area contributed by atoms with Gasteiger partial charge in [0.2, 0.25) is 0 Å². The van der Waals surface area contributed by atoms with Crippen LogP contribution in [-0.2, 0) is 6.42 Å². The quantitative estimate of drug-likeness (QED) is 0.381.